The van der Waals surface area contributed by atoms with Gasteiger partial charge < -0.3 is 20.5 Å². The lowest BCUT2D eigenvalue weighted by molar-refractivity contribution is -0.129. The van der Waals surface area contributed by atoms with Gasteiger partial charge in [-0.15, -0.1) is 0 Å². The Bertz CT molecular complexity index is 344. The summed E-state index contributed by atoms with van der Waals surface area (Å²) in [7, 11) is 0. The SMILES string of the molecule is CC(C)COCCOC1CCCC(NC2CC2)(C(N)=O)C1. The highest BCUT2D eigenvalue weighted by Gasteiger charge is 2.44. The Morgan fingerprint density at radius 2 is 2.10 bits per heavy atom. The first-order valence-corrected chi connectivity index (χ1v) is 8.29. The molecule has 5 heteroatoms. The number of rotatable bonds is 9. The molecule has 0 aliphatic heterocycles. The highest BCUT2D eigenvalue weighted by Crippen LogP contribution is 2.33. The summed E-state index contributed by atoms with van der Waals surface area (Å²) in [6.07, 6.45) is 5.95. The molecule has 2 rings (SSSR count). The highest BCUT2D eigenvalue weighted by molar-refractivity contribution is 5.85. The van der Waals surface area contributed by atoms with Gasteiger partial charge in [-0.2, -0.15) is 0 Å². The third kappa shape index (κ3) is 5.24. The summed E-state index contributed by atoms with van der Waals surface area (Å²) in [4.78, 5) is 11.9. The lowest BCUT2D eigenvalue weighted by Crippen LogP contribution is -2.59. The van der Waals surface area contributed by atoms with Crippen LogP contribution < -0.4 is 11.1 Å². The Kier molecular flexibility index (Phi) is 6.02. The maximum atomic E-state index is 11.9. The molecule has 0 radical (unpaired) electrons. The van der Waals surface area contributed by atoms with Crippen LogP contribution in [0.1, 0.15) is 52.4 Å². The molecule has 3 N–H and O–H groups in total. The molecule has 5 nitrogen and oxygen atoms in total. The third-order valence-corrected chi connectivity index (χ3v) is 4.27. The van der Waals surface area contributed by atoms with Gasteiger partial charge in [-0.25, -0.2) is 0 Å². The van der Waals surface area contributed by atoms with E-state index in [4.69, 9.17) is 15.2 Å². The van der Waals surface area contributed by atoms with Crippen LogP contribution >= 0.6 is 0 Å². The first kappa shape index (κ1) is 16.7. The molecule has 0 bridgehead atoms. The van der Waals surface area contributed by atoms with Crippen LogP contribution in [-0.2, 0) is 14.3 Å². The first-order valence-electron chi connectivity index (χ1n) is 8.29. The van der Waals surface area contributed by atoms with Crippen molar-refractivity contribution < 1.29 is 14.3 Å². The minimum Gasteiger partial charge on any atom is -0.379 e. The normalized spacial score (nSPS) is 29.8. The van der Waals surface area contributed by atoms with Gasteiger partial charge in [0.25, 0.3) is 0 Å². The Morgan fingerprint density at radius 1 is 1.33 bits per heavy atom. The number of carbonyl (C=O) groups excluding carboxylic acids is 1. The van der Waals surface area contributed by atoms with E-state index in [-0.39, 0.29) is 12.0 Å². The van der Waals surface area contributed by atoms with E-state index in [2.05, 4.69) is 19.2 Å². The number of nitrogens with one attached hydrogen (secondary N) is 1. The Balaban J connectivity index is 1.74. The molecule has 0 saturated heterocycles. The number of carbonyl (C=O) groups is 1. The predicted octanol–water partition coefficient (Wildman–Crippen LogP) is 1.59. The molecule has 0 aromatic rings. The van der Waals surface area contributed by atoms with Crippen molar-refractivity contribution in [3.63, 3.8) is 0 Å². The van der Waals surface area contributed by atoms with Gasteiger partial charge in [0.2, 0.25) is 5.91 Å². The second-order valence-electron chi connectivity index (χ2n) is 6.92. The zero-order valence-corrected chi connectivity index (χ0v) is 13.4. The van der Waals surface area contributed by atoms with Crippen LogP contribution in [0.2, 0.25) is 0 Å². The standard InChI is InChI=1S/C16H30N2O3/c1-12(2)11-20-8-9-21-14-4-3-7-16(10-14,15(17)19)18-13-5-6-13/h12-14,18H,3-11H2,1-2H3,(H2,17,19). The molecule has 2 atom stereocenters. The first-order chi connectivity index (χ1) is 10.0. The van der Waals surface area contributed by atoms with Gasteiger partial charge in [0.05, 0.1) is 19.3 Å². The maximum absolute atomic E-state index is 11.9. The number of amides is 1. The van der Waals surface area contributed by atoms with Crippen molar-refractivity contribution in [2.45, 2.75) is 70.1 Å². The molecule has 2 saturated carbocycles. The number of primary amides is 1. The fraction of sp³-hybridized carbons (Fsp3) is 0.938. The van der Waals surface area contributed by atoms with E-state index < -0.39 is 5.54 Å². The van der Waals surface area contributed by atoms with Crippen LogP contribution in [0.5, 0.6) is 0 Å². The molecule has 122 valence electrons. The maximum Gasteiger partial charge on any atom is 0.237 e. The third-order valence-electron chi connectivity index (χ3n) is 4.27. The van der Waals surface area contributed by atoms with E-state index in [1.807, 2.05) is 0 Å². The Hall–Kier alpha value is -0.650. The summed E-state index contributed by atoms with van der Waals surface area (Å²) in [5.74, 6) is 0.323. The topological polar surface area (TPSA) is 73.6 Å². The summed E-state index contributed by atoms with van der Waals surface area (Å²) in [6, 6.07) is 0.477. The molecule has 2 unspecified atom stereocenters. The second kappa shape index (κ2) is 7.56. The smallest absolute Gasteiger partial charge is 0.237 e. The van der Waals surface area contributed by atoms with Gasteiger partial charge in [0.15, 0.2) is 0 Å². The predicted molar refractivity (Wildman–Crippen MR) is 81.9 cm³/mol. The Labute approximate surface area is 127 Å². The molecule has 2 fully saturated rings. The highest BCUT2D eigenvalue weighted by atomic mass is 16.5. The van der Waals surface area contributed by atoms with Crippen molar-refractivity contribution in [3.05, 3.63) is 0 Å². The van der Waals surface area contributed by atoms with Gasteiger partial charge in [-0.1, -0.05) is 13.8 Å². The summed E-state index contributed by atoms with van der Waals surface area (Å²) in [6.45, 7) is 6.24. The van der Waals surface area contributed by atoms with Crippen LogP contribution in [0.4, 0.5) is 0 Å². The molecule has 0 heterocycles. The fourth-order valence-corrected chi connectivity index (χ4v) is 3.00. The van der Waals surface area contributed by atoms with E-state index >= 15 is 0 Å². The quantitative estimate of drug-likeness (QED) is 0.634. The van der Waals surface area contributed by atoms with Crippen molar-refractivity contribution in [1.29, 1.82) is 0 Å². The number of ether oxygens (including phenoxy) is 2. The van der Waals surface area contributed by atoms with Crippen LogP contribution in [0.15, 0.2) is 0 Å². The summed E-state index contributed by atoms with van der Waals surface area (Å²) >= 11 is 0. The van der Waals surface area contributed by atoms with E-state index in [1.54, 1.807) is 0 Å². The molecule has 21 heavy (non-hydrogen) atoms. The van der Waals surface area contributed by atoms with Crippen molar-refractivity contribution in [3.8, 4) is 0 Å². The average Bonchev–Trinajstić information content (AvgIpc) is 3.22. The van der Waals surface area contributed by atoms with Crippen LogP contribution in [0.3, 0.4) is 0 Å². The summed E-state index contributed by atoms with van der Waals surface area (Å²) in [5.41, 5.74) is 5.12. The number of nitrogens with two attached hydrogens (primary N) is 1. The van der Waals surface area contributed by atoms with Gasteiger partial charge >= 0.3 is 0 Å². The van der Waals surface area contributed by atoms with Crippen LogP contribution in [0, 0.1) is 5.92 Å². The molecule has 0 spiro atoms. The summed E-state index contributed by atoms with van der Waals surface area (Å²) < 4.78 is 11.4. The number of hydrogen-bond acceptors (Lipinski definition) is 4. The lowest BCUT2D eigenvalue weighted by atomic mass is 9.79. The van der Waals surface area contributed by atoms with Crippen LogP contribution in [-0.4, -0.2) is 43.4 Å². The van der Waals surface area contributed by atoms with Gasteiger partial charge in [0, 0.05) is 19.1 Å². The molecular formula is C16H30N2O3. The molecule has 0 aromatic heterocycles. The monoisotopic (exact) mass is 298 g/mol. The van der Waals surface area contributed by atoms with Crippen molar-refractivity contribution in [1.82, 2.24) is 5.32 Å². The van der Waals surface area contributed by atoms with Crippen molar-refractivity contribution in [2.24, 2.45) is 11.7 Å². The van der Waals surface area contributed by atoms with Gasteiger partial charge in [0.1, 0.15) is 5.54 Å². The largest absolute Gasteiger partial charge is 0.379 e. The number of hydrogen-bond donors (Lipinski definition) is 2. The van der Waals surface area contributed by atoms with Crippen molar-refractivity contribution >= 4 is 5.91 Å². The van der Waals surface area contributed by atoms with Gasteiger partial charge in [-0.05, 0) is 38.0 Å². The second-order valence-corrected chi connectivity index (χ2v) is 6.92. The van der Waals surface area contributed by atoms with Crippen molar-refractivity contribution in [2.75, 3.05) is 19.8 Å². The van der Waals surface area contributed by atoms with Gasteiger partial charge in [-0.3, -0.25) is 4.79 Å². The molecule has 2 aliphatic carbocycles. The fourth-order valence-electron chi connectivity index (χ4n) is 3.00. The minimum atomic E-state index is -0.553. The van der Waals surface area contributed by atoms with E-state index in [9.17, 15) is 4.79 Å². The zero-order chi connectivity index (χ0) is 15.3. The zero-order valence-electron chi connectivity index (χ0n) is 13.4. The molecular weight excluding hydrogens is 268 g/mol. The molecule has 1 amide bonds. The molecule has 0 aromatic carbocycles. The Morgan fingerprint density at radius 3 is 2.71 bits per heavy atom. The van der Waals surface area contributed by atoms with E-state index in [1.165, 1.54) is 0 Å². The van der Waals surface area contributed by atoms with Crippen LogP contribution in [0.25, 0.3) is 0 Å². The summed E-state index contributed by atoms with van der Waals surface area (Å²) in [5, 5.41) is 3.47. The molecule has 2 aliphatic rings. The minimum absolute atomic E-state index is 0.111. The lowest BCUT2D eigenvalue weighted by Gasteiger charge is -2.39. The van der Waals surface area contributed by atoms with E-state index in [0.29, 0.717) is 31.6 Å². The average molecular weight is 298 g/mol. The van der Waals surface area contributed by atoms with E-state index in [0.717, 1.165) is 38.7 Å².